The molecule has 1 saturated heterocycles. The fraction of sp³-hybridized carbons (Fsp3) is 1.00. The van der Waals surface area contributed by atoms with Crippen LogP contribution in [0.2, 0.25) is 0 Å². The van der Waals surface area contributed by atoms with Gasteiger partial charge in [-0.2, -0.15) is 4.31 Å². The van der Waals surface area contributed by atoms with Crippen molar-refractivity contribution < 1.29 is 8.42 Å². The van der Waals surface area contributed by atoms with Crippen molar-refractivity contribution in [3.63, 3.8) is 0 Å². The van der Waals surface area contributed by atoms with Crippen LogP contribution in [0.5, 0.6) is 0 Å². The molecule has 15 heavy (non-hydrogen) atoms. The smallest absolute Gasteiger partial charge is 0.214 e. The zero-order valence-electron chi connectivity index (χ0n) is 9.15. The van der Waals surface area contributed by atoms with Crippen LogP contribution < -0.4 is 0 Å². The molecule has 0 spiro atoms. The van der Waals surface area contributed by atoms with Crippen molar-refractivity contribution in [3.05, 3.63) is 0 Å². The van der Waals surface area contributed by atoms with Gasteiger partial charge in [-0.15, -0.1) is 11.6 Å². The molecule has 90 valence electrons. The van der Waals surface area contributed by atoms with Gasteiger partial charge in [0.1, 0.15) is 0 Å². The summed E-state index contributed by atoms with van der Waals surface area (Å²) < 4.78 is 25.1. The summed E-state index contributed by atoms with van der Waals surface area (Å²) in [6, 6.07) is 0. The van der Waals surface area contributed by atoms with Crippen LogP contribution in [0.15, 0.2) is 0 Å². The molecule has 0 aromatic rings. The van der Waals surface area contributed by atoms with Crippen molar-refractivity contribution in [2.75, 3.05) is 44.4 Å². The summed E-state index contributed by atoms with van der Waals surface area (Å²) in [7, 11) is -3.00. The molecule has 6 heteroatoms. The van der Waals surface area contributed by atoms with Gasteiger partial charge in [0.15, 0.2) is 0 Å². The zero-order valence-corrected chi connectivity index (χ0v) is 10.7. The maximum atomic E-state index is 11.7. The molecule has 0 aliphatic carbocycles. The summed E-state index contributed by atoms with van der Waals surface area (Å²) in [4.78, 5) is 2.20. The molecule has 0 atom stereocenters. The number of sulfonamides is 1. The quantitative estimate of drug-likeness (QED) is 0.674. The van der Waals surface area contributed by atoms with Crippen LogP contribution in [0.4, 0.5) is 0 Å². The van der Waals surface area contributed by atoms with E-state index in [4.69, 9.17) is 11.6 Å². The third-order valence-corrected chi connectivity index (χ3v) is 4.83. The van der Waals surface area contributed by atoms with E-state index in [2.05, 4.69) is 4.90 Å². The first-order valence-corrected chi connectivity index (χ1v) is 7.50. The maximum Gasteiger partial charge on any atom is 0.214 e. The second kappa shape index (κ2) is 6.03. The minimum Gasteiger partial charge on any atom is -0.300 e. The highest BCUT2D eigenvalue weighted by molar-refractivity contribution is 7.89. The maximum absolute atomic E-state index is 11.7. The van der Waals surface area contributed by atoms with Gasteiger partial charge in [-0.05, 0) is 6.42 Å². The van der Waals surface area contributed by atoms with Crippen molar-refractivity contribution in [1.29, 1.82) is 0 Å². The van der Waals surface area contributed by atoms with E-state index < -0.39 is 10.0 Å². The number of hydrogen-bond acceptors (Lipinski definition) is 3. The van der Waals surface area contributed by atoms with Gasteiger partial charge in [0.25, 0.3) is 0 Å². The lowest BCUT2D eigenvalue weighted by Crippen LogP contribution is -2.49. The van der Waals surface area contributed by atoms with Gasteiger partial charge in [0, 0.05) is 38.6 Å². The summed E-state index contributed by atoms with van der Waals surface area (Å²) in [5.74, 6) is 0.879. The number of hydrogen-bond donors (Lipinski definition) is 0. The van der Waals surface area contributed by atoms with Crippen molar-refractivity contribution in [1.82, 2.24) is 9.21 Å². The first-order chi connectivity index (χ1) is 7.10. The standard InChI is InChI=1S/C9H19ClN2O2S/c1-2-9-15(13,14)12-7-5-11(4-3-10)6-8-12/h2-9H2,1H3. The lowest BCUT2D eigenvalue weighted by atomic mass is 10.4. The van der Waals surface area contributed by atoms with Gasteiger partial charge < -0.3 is 0 Å². The first-order valence-electron chi connectivity index (χ1n) is 5.36. The molecule has 0 saturated carbocycles. The van der Waals surface area contributed by atoms with E-state index in [9.17, 15) is 8.42 Å². The normalized spacial score (nSPS) is 20.7. The molecule has 0 amide bonds. The van der Waals surface area contributed by atoms with Crippen LogP contribution in [0.1, 0.15) is 13.3 Å². The van der Waals surface area contributed by atoms with Gasteiger partial charge in [-0.1, -0.05) is 6.92 Å². The average molecular weight is 255 g/mol. The minimum atomic E-state index is -3.00. The molecule has 1 fully saturated rings. The van der Waals surface area contributed by atoms with Crippen LogP contribution in [-0.2, 0) is 10.0 Å². The molecule has 1 heterocycles. The van der Waals surface area contributed by atoms with E-state index in [1.54, 1.807) is 4.31 Å². The zero-order chi connectivity index (χ0) is 11.3. The largest absolute Gasteiger partial charge is 0.300 e. The Hall–Kier alpha value is 0.160. The van der Waals surface area contributed by atoms with E-state index >= 15 is 0 Å². The third-order valence-electron chi connectivity index (χ3n) is 2.59. The van der Waals surface area contributed by atoms with Gasteiger partial charge in [-0.25, -0.2) is 8.42 Å². The van der Waals surface area contributed by atoms with E-state index in [1.165, 1.54) is 0 Å². The number of alkyl halides is 1. The molecule has 1 aliphatic rings. The van der Waals surface area contributed by atoms with Crippen molar-refractivity contribution in [2.24, 2.45) is 0 Å². The highest BCUT2D eigenvalue weighted by Gasteiger charge is 2.25. The Kier molecular flexibility index (Phi) is 5.32. The number of piperazine rings is 1. The summed E-state index contributed by atoms with van der Waals surface area (Å²) in [5, 5.41) is 0. The van der Waals surface area contributed by atoms with E-state index in [0.29, 0.717) is 25.4 Å². The molecule has 0 unspecified atom stereocenters. The van der Waals surface area contributed by atoms with Gasteiger partial charge in [0.05, 0.1) is 5.75 Å². The molecule has 0 radical (unpaired) electrons. The van der Waals surface area contributed by atoms with Crippen LogP contribution in [-0.4, -0.2) is 62.0 Å². The predicted octanol–water partition coefficient (Wildman–Crippen LogP) is 0.583. The molecule has 0 bridgehead atoms. The van der Waals surface area contributed by atoms with E-state index in [0.717, 1.165) is 19.6 Å². The van der Waals surface area contributed by atoms with Crippen LogP contribution in [0.25, 0.3) is 0 Å². The average Bonchev–Trinajstić information content (AvgIpc) is 2.19. The van der Waals surface area contributed by atoms with E-state index in [1.807, 2.05) is 6.92 Å². The molecule has 0 N–H and O–H groups in total. The molecular formula is C9H19ClN2O2S. The number of rotatable bonds is 5. The third kappa shape index (κ3) is 3.90. The lowest BCUT2D eigenvalue weighted by molar-refractivity contribution is 0.197. The Morgan fingerprint density at radius 1 is 1.20 bits per heavy atom. The SMILES string of the molecule is CCCS(=O)(=O)N1CCN(CCCl)CC1. The van der Waals surface area contributed by atoms with Crippen LogP contribution >= 0.6 is 11.6 Å². The Balaban J connectivity index is 2.43. The summed E-state index contributed by atoms with van der Waals surface area (Å²) >= 11 is 5.64. The second-order valence-corrected chi connectivity index (χ2v) is 6.21. The van der Waals surface area contributed by atoms with E-state index in [-0.39, 0.29) is 5.75 Å². The van der Waals surface area contributed by atoms with Crippen molar-refractivity contribution in [3.8, 4) is 0 Å². The van der Waals surface area contributed by atoms with Crippen molar-refractivity contribution >= 4 is 21.6 Å². The van der Waals surface area contributed by atoms with Gasteiger partial charge >= 0.3 is 0 Å². The fourth-order valence-electron chi connectivity index (χ4n) is 1.74. The molecular weight excluding hydrogens is 236 g/mol. The Morgan fingerprint density at radius 3 is 2.27 bits per heavy atom. The molecule has 0 aromatic carbocycles. The highest BCUT2D eigenvalue weighted by atomic mass is 35.5. The van der Waals surface area contributed by atoms with Crippen LogP contribution in [0, 0.1) is 0 Å². The molecule has 1 aliphatic heterocycles. The molecule has 4 nitrogen and oxygen atoms in total. The highest BCUT2D eigenvalue weighted by Crippen LogP contribution is 2.08. The van der Waals surface area contributed by atoms with Gasteiger partial charge in [0.2, 0.25) is 10.0 Å². The summed E-state index contributed by atoms with van der Waals surface area (Å²) in [6.07, 6.45) is 0.685. The monoisotopic (exact) mass is 254 g/mol. The topological polar surface area (TPSA) is 40.6 Å². The minimum absolute atomic E-state index is 0.266. The van der Waals surface area contributed by atoms with Gasteiger partial charge in [-0.3, -0.25) is 4.90 Å². The Labute approximate surface area is 97.2 Å². The Morgan fingerprint density at radius 2 is 1.80 bits per heavy atom. The van der Waals surface area contributed by atoms with Crippen LogP contribution in [0.3, 0.4) is 0 Å². The molecule has 1 rings (SSSR count). The second-order valence-electron chi connectivity index (χ2n) is 3.75. The number of halogens is 1. The Bertz CT molecular complexity index is 274. The number of nitrogens with zero attached hydrogens (tertiary/aromatic N) is 2. The first kappa shape index (κ1) is 13.2. The lowest BCUT2D eigenvalue weighted by Gasteiger charge is -2.33. The molecule has 0 aromatic heterocycles. The summed E-state index contributed by atoms with van der Waals surface area (Å²) in [5.41, 5.74) is 0. The summed E-state index contributed by atoms with van der Waals surface area (Å²) in [6.45, 7) is 5.56. The predicted molar refractivity (Wildman–Crippen MR) is 62.8 cm³/mol. The van der Waals surface area contributed by atoms with Crippen molar-refractivity contribution in [2.45, 2.75) is 13.3 Å². The fourth-order valence-corrected chi connectivity index (χ4v) is 3.47.